The van der Waals surface area contributed by atoms with E-state index in [1.165, 1.54) is 0 Å². The van der Waals surface area contributed by atoms with Crippen molar-refractivity contribution in [2.75, 3.05) is 6.61 Å². The van der Waals surface area contributed by atoms with Gasteiger partial charge in [0.05, 0.1) is 0 Å². The topological polar surface area (TPSA) is 94.8 Å². The Labute approximate surface area is 85.5 Å². The summed E-state index contributed by atoms with van der Waals surface area (Å²) in [4.78, 5) is 0. The summed E-state index contributed by atoms with van der Waals surface area (Å²) in [5, 5.41) is 7.46. The maximum absolute atomic E-state index is 9.26. The molecule has 0 aliphatic heterocycles. The first-order valence-electron chi connectivity index (χ1n) is 1.68. The third-order valence-electron chi connectivity index (χ3n) is 0.122. The summed E-state index contributed by atoms with van der Waals surface area (Å²) >= 11 is 0. The van der Waals surface area contributed by atoms with Crippen LogP contribution in [0.15, 0.2) is 0 Å². The molecule has 5 nitrogen and oxygen atoms in total. The van der Waals surface area contributed by atoms with Gasteiger partial charge in [-0.05, 0) is 0 Å². The first-order valence-corrected chi connectivity index (χ1v) is 4.41. The van der Waals surface area contributed by atoms with E-state index in [0.717, 1.165) is 0 Å². The minimum atomic E-state index is -2.59. The second-order valence-electron chi connectivity index (χ2n) is 0.658. The fraction of sp³-hybridized carbons (Fsp3) is 0.500. The zero-order valence-electron chi connectivity index (χ0n) is 5.39. The molecule has 3 N–H and O–H groups in total. The van der Waals surface area contributed by atoms with E-state index in [-0.39, 0.29) is 36.2 Å². The molecule has 8 heteroatoms. The second-order valence-corrected chi connectivity index (χ2v) is 3.24. The summed E-state index contributed by atoms with van der Waals surface area (Å²) in [7, 11) is -5.18. The normalized spacial score (nSPS) is 13.6. The van der Waals surface area contributed by atoms with Gasteiger partial charge < -0.3 is 12.0 Å². The van der Waals surface area contributed by atoms with Crippen LogP contribution in [-0.2, 0) is 20.2 Å². The fourth-order valence-electron chi connectivity index (χ4n) is 0. The minimum absolute atomic E-state index is 0. The van der Waals surface area contributed by atoms with Crippen molar-refractivity contribution < 1.29 is 52.2 Å². The first kappa shape index (κ1) is 17.3. The summed E-state index contributed by atoms with van der Waals surface area (Å²) in [6.07, 6.45) is 0. The standard InChI is InChI=1S/C2H5O.Na.H2O4S2/c1-2-3;;1-5(2)6(3)4/h3H,1-2H2;;(H,1,2)(H,3,4)/q-1;+1;. The van der Waals surface area contributed by atoms with E-state index in [1.54, 1.807) is 0 Å². The van der Waals surface area contributed by atoms with Crippen LogP contribution in [0.25, 0.3) is 0 Å². The van der Waals surface area contributed by atoms with E-state index >= 15 is 0 Å². The van der Waals surface area contributed by atoms with Crippen LogP contribution in [0, 0.1) is 6.92 Å². The quantitative estimate of drug-likeness (QED) is 0.174. The number of hydrogen-bond donors (Lipinski definition) is 3. The summed E-state index contributed by atoms with van der Waals surface area (Å²) in [5.74, 6) is 0. The van der Waals surface area contributed by atoms with E-state index in [4.69, 9.17) is 14.2 Å². The molecule has 0 radical (unpaired) electrons. The summed E-state index contributed by atoms with van der Waals surface area (Å²) in [6.45, 7) is 3.04. The second kappa shape index (κ2) is 12.8. The Kier molecular flexibility index (Phi) is 22.2. The van der Waals surface area contributed by atoms with Crippen LogP contribution in [0.5, 0.6) is 0 Å². The summed E-state index contributed by atoms with van der Waals surface area (Å²) < 4.78 is 33.6. The maximum Gasteiger partial charge on any atom is 1.00 e. The average molecular weight is 198 g/mol. The van der Waals surface area contributed by atoms with Crippen molar-refractivity contribution in [3.8, 4) is 0 Å². The molecule has 0 heterocycles. The van der Waals surface area contributed by atoms with E-state index in [1.807, 2.05) is 0 Å². The van der Waals surface area contributed by atoms with Crippen LogP contribution >= 0.6 is 0 Å². The summed E-state index contributed by atoms with van der Waals surface area (Å²) in [6, 6.07) is 0. The van der Waals surface area contributed by atoms with Crippen LogP contribution in [-0.4, -0.2) is 29.2 Å². The molecule has 58 valence electrons. The molecule has 0 aromatic carbocycles. The average Bonchev–Trinajstić information content (AvgIpc) is 1.68. The number of aliphatic hydroxyl groups excluding tert-OH is 1. The third kappa shape index (κ3) is 22.9. The number of aliphatic hydroxyl groups is 1. The largest absolute Gasteiger partial charge is 1.00 e. The van der Waals surface area contributed by atoms with Gasteiger partial charge in [-0.2, -0.15) is 0 Å². The van der Waals surface area contributed by atoms with Gasteiger partial charge in [-0.1, -0.05) is 6.61 Å². The smallest absolute Gasteiger partial charge is 0.428 e. The van der Waals surface area contributed by atoms with Crippen molar-refractivity contribution in [1.29, 1.82) is 0 Å². The number of hydrogen-bond acceptors (Lipinski definition) is 3. The Bertz CT molecular complexity index is 93.8. The Morgan fingerprint density at radius 3 is 1.30 bits per heavy atom. The van der Waals surface area contributed by atoms with Gasteiger partial charge in [0.1, 0.15) is 0 Å². The van der Waals surface area contributed by atoms with Gasteiger partial charge in [0.15, 0.2) is 0 Å². The minimum Gasteiger partial charge on any atom is -0.428 e. The van der Waals surface area contributed by atoms with Crippen molar-refractivity contribution >= 4 is 20.2 Å². The van der Waals surface area contributed by atoms with Gasteiger partial charge in [0.2, 0.25) is 0 Å². The zero-order valence-corrected chi connectivity index (χ0v) is 9.02. The molecule has 0 bridgehead atoms. The summed E-state index contributed by atoms with van der Waals surface area (Å²) in [5.41, 5.74) is 0. The van der Waals surface area contributed by atoms with Gasteiger partial charge in [-0.3, -0.25) is 9.11 Å². The molecular weight excluding hydrogens is 191 g/mol. The van der Waals surface area contributed by atoms with E-state index in [9.17, 15) is 8.42 Å². The number of rotatable bonds is 1. The van der Waals surface area contributed by atoms with E-state index in [0.29, 0.717) is 0 Å². The predicted octanol–water partition coefficient (Wildman–Crippen LogP) is -3.84. The Hall–Kier alpha value is 1.18. The van der Waals surface area contributed by atoms with Gasteiger partial charge >= 0.3 is 29.6 Å². The molecule has 0 saturated heterocycles. The Morgan fingerprint density at radius 1 is 1.20 bits per heavy atom. The van der Waals surface area contributed by atoms with E-state index in [2.05, 4.69) is 6.92 Å². The molecule has 2 atom stereocenters. The molecule has 10 heavy (non-hydrogen) atoms. The van der Waals surface area contributed by atoms with Gasteiger partial charge in [-0.25, -0.2) is 8.42 Å². The van der Waals surface area contributed by atoms with E-state index < -0.39 is 20.2 Å². The molecule has 0 aliphatic rings. The van der Waals surface area contributed by atoms with Crippen LogP contribution in [0.1, 0.15) is 0 Å². The van der Waals surface area contributed by atoms with Crippen LogP contribution < -0.4 is 29.6 Å². The molecule has 0 amide bonds. The Morgan fingerprint density at radius 2 is 1.30 bits per heavy atom. The maximum atomic E-state index is 9.26. The Balaban J connectivity index is -0.000000107. The molecule has 0 aliphatic carbocycles. The van der Waals surface area contributed by atoms with Crippen molar-refractivity contribution in [3.63, 3.8) is 0 Å². The first-order chi connectivity index (χ1) is 4.06. The molecule has 0 saturated carbocycles. The van der Waals surface area contributed by atoms with Crippen molar-refractivity contribution in [2.45, 2.75) is 0 Å². The fourth-order valence-corrected chi connectivity index (χ4v) is 0. The monoisotopic (exact) mass is 198 g/mol. The van der Waals surface area contributed by atoms with Crippen LogP contribution in [0.2, 0.25) is 0 Å². The molecule has 0 aromatic rings. The molecule has 0 fully saturated rings. The van der Waals surface area contributed by atoms with Crippen molar-refractivity contribution in [2.24, 2.45) is 0 Å². The molecule has 0 aromatic heterocycles. The van der Waals surface area contributed by atoms with Crippen LogP contribution in [0.3, 0.4) is 0 Å². The molecule has 0 spiro atoms. The molecule has 0 rings (SSSR count). The zero-order chi connectivity index (χ0) is 7.86. The molecular formula is C2H7NaO5S2. The van der Waals surface area contributed by atoms with Crippen LogP contribution in [0.4, 0.5) is 0 Å². The SMILES string of the molecule is O=S(O)S(=O)O.[CH2-]CO.[Na+]. The molecule has 2 unspecified atom stereocenters. The van der Waals surface area contributed by atoms with Crippen molar-refractivity contribution in [1.82, 2.24) is 0 Å². The van der Waals surface area contributed by atoms with Gasteiger partial charge in [0, 0.05) is 0 Å². The van der Waals surface area contributed by atoms with Gasteiger partial charge in [0.25, 0.3) is 20.2 Å². The third-order valence-corrected chi connectivity index (χ3v) is 1.10. The van der Waals surface area contributed by atoms with Crippen molar-refractivity contribution in [3.05, 3.63) is 6.92 Å². The van der Waals surface area contributed by atoms with Gasteiger partial charge in [-0.15, -0.1) is 0 Å². The predicted molar refractivity (Wildman–Crippen MR) is 34.0 cm³/mol.